The first-order valence-corrected chi connectivity index (χ1v) is 9.08. The molecule has 0 unspecified atom stereocenters. The Morgan fingerprint density at radius 2 is 1.96 bits per heavy atom. The molecule has 0 atom stereocenters. The van der Waals surface area contributed by atoms with Crippen molar-refractivity contribution in [2.45, 2.75) is 6.42 Å². The molecular formula is C19H13N5O2S. The van der Waals surface area contributed by atoms with Gasteiger partial charge in [0.05, 0.1) is 11.7 Å². The van der Waals surface area contributed by atoms with Crippen LogP contribution in [0.2, 0.25) is 0 Å². The van der Waals surface area contributed by atoms with Crippen molar-refractivity contribution in [1.29, 1.82) is 0 Å². The molecule has 2 aromatic carbocycles. The zero-order valence-corrected chi connectivity index (χ0v) is 14.7. The molecule has 0 radical (unpaired) electrons. The largest absolute Gasteiger partial charge is 0.477 e. The first kappa shape index (κ1) is 15.7. The number of carboxylic acid groups (broad SMARTS) is 1. The molecule has 0 saturated heterocycles. The molecule has 0 amide bonds. The van der Waals surface area contributed by atoms with Crippen molar-refractivity contribution in [2.75, 3.05) is 0 Å². The zero-order valence-electron chi connectivity index (χ0n) is 13.9. The van der Waals surface area contributed by atoms with Gasteiger partial charge in [0.1, 0.15) is 15.7 Å². The molecule has 0 fully saturated rings. The zero-order chi connectivity index (χ0) is 18.4. The van der Waals surface area contributed by atoms with Crippen molar-refractivity contribution in [3.05, 3.63) is 64.9 Å². The second-order valence-electron chi connectivity index (χ2n) is 6.26. The molecule has 0 aliphatic heterocycles. The molecule has 0 bridgehead atoms. The van der Waals surface area contributed by atoms with E-state index in [1.807, 2.05) is 24.3 Å². The molecule has 0 aliphatic carbocycles. The van der Waals surface area contributed by atoms with Crippen LogP contribution < -0.4 is 0 Å². The van der Waals surface area contributed by atoms with E-state index in [2.05, 4.69) is 37.5 Å². The van der Waals surface area contributed by atoms with E-state index in [1.165, 1.54) is 11.3 Å². The number of fused-ring (bicyclic) bond motifs is 2. The Labute approximate surface area is 156 Å². The van der Waals surface area contributed by atoms with E-state index in [1.54, 1.807) is 12.3 Å². The van der Waals surface area contributed by atoms with E-state index in [0.29, 0.717) is 6.42 Å². The summed E-state index contributed by atoms with van der Waals surface area (Å²) < 4.78 is 0. The van der Waals surface area contributed by atoms with Gasteiger partial charge < -0.3 is 10.1 Å². The molecule has 7 nitrogen and oxygen atoms in total. The maximum absolute atomic E-state index is 11.1. The number of aromatic amines is 2. The summed E-state index contributed by atoms with van der Waals surface area (Å²) in [4.78, 5) is 14.0. The van der Waals surface area contributed by atoms with Gasteiger partial charge in [0.2, 0.25) is 0 Å². The lowest BCUT2D eigenvalue weighted by Gasteiger charge is -1.98. The number of aromatic carboxylic acids is 1. The standard InChI is InChI=1S/C19H13N5O2S/c25-19(26)16-7-11-2-3-12(8-15(11)21-16)18-24-23-17(27-18)6-10-1-4-14-13(5-10)9-20-22-14/h1-5,7-9,21H,6H2,(H,20,22)(H,25,26). The van der Waals surface area contributed by atoms with Crippen LogP contribution in [0.4, 0.5) is 0 Å². The number of nitrogens with one attached hydrogen (secondary N) is 2. The number of rotatable bonds is 4. The highest BCUT2D eigenvalue weighted by Crippen LogP contribution is 2.28. The Kier molecular flexibility index (Phi) is 3.51. The molecule has 3 heterocycles. The van der Waals surface area contributed by atoms with E-state index >= 15 is 0 Å². The second-order valence-corrected chi connectivity index (χ2v) is 7.32. The number of benzene rings is 2. The third-order valence-electron chi connectivity index (χ3n) is 4.43. The molecule has 3 aromatic heterocycles. The van der Waals surface area contributed by atoms with Gasteiger partial charge in [-0.05, 0) is 29.8 Å². The number of nitrogens with zero attached hydrogens (tertiary/aromatic N) is 3. The van der Waals surface area contributed by atoms with Gasteiger partial charge in [0, 0.05) is 28.3 Å². The summed E-state index contributed by atoms with van der Waals surface area (Å²) in [6.07, 6.45) is 2.51. The number of aromatic nitrogens is 5. The van der Waals surface area contributed by atoms with Crippen LogP contribution in [0.25, 0.3) is 32.4 Å². The van der Waals surface area contributed by atoms with Gasteiger partial charge in [-0.3, -0.25) is 5.10 Å². The van der Waals surface area contributed by atoms with Gasteiger partial charge in [-0.2, -0.15) is 5.10 Å². The van der Waals surface area contributed by atoms with Crippen molar-refractivity contribution >= 4 is 39.1 Å². The quantitative estimate of drug-likeness (QED) is 0.442. The van der Waals surface area contributed by atoms with Gasteiger partial charge in [-0.1, -0.05) is 29.5 Å². The molecule has 27 heavy (non-hydrogen) atoms. The van der Waals surface area contributed by atoms with E-state index in [0.717, 1.165) is 42.9 Å². The third kappa shape index (κ3) is 2.85. The average molecular weight is 375 g/mol. The fourth-order valence-corrected chi connectivity index (χ4v) is 3.96. The van der Waals surface area contributed by atoms with Gasteiger partial charge in [0.15, 0.2) is 0 Å². The maximum atomic E-state index is 11.1. The molecule has 5 aromatic rings. The summed E-state index contributed by atoms with van der Waals surface area (Å²) in [7, 11) is 0. The lowest BCUT2D eigenvalue weighted by atomic mass is 10.1. The van der Waals surface area contributed by atoms with Crippen LogP contribution >= 0.6 is 11.3 Å². The normalized spacial score (nSPS) is 11.4. The van der Waals surface area contributed by atoms with Crippen molar-refractivity contribution in [3.63, 3.8) is 0 Å². The number of carbonyl (C=O) groups is 1. The summed E-state index contributed by atoms with van der Waals surface area (Å²) in [5.41, 5.74) is 4.02. The summed E-state index contributed by atoms with van der Waals surface area (Å²) in [6.45, 7) is 0. The molecule has 3 N–H and O–H groups in total. The lowest BCUT2D eigenvalue weighted by Crippen LogP contribution is -1.94. The van der Waals surface area contributed by atoms with Crippen molar-refractivity contribution in [2.24, 2.45) is 0 Å². The van der Waals surface area contributed by atoms with Crippen LogP contribution in [0.3, 0.4) is 0 Å². The Morgan fingerprint density at radius 3 is 2.85 bits per heavy atom. The summed E-state index contributed by atoms with van der Waals surface area (Å²) in [5.74, 6) is -0.972. The average Bonchev–Trinajstić information content (AvgIpc) is 3.39. The van der Waals surface area contributed by atoms with E-state index in [9.17, 15) is 4.79 Å². The highest BCUT2D eigenvalue weighted by Gasteiger charge is 2.11. The minimum absolute atomic E-state index is 0.176. The van der Waals surface area contributed by atoms with Crippen LogP contribution in [0.15, 0.2) is 48.7 Å². The molecule has 0 spiro atoms. The van der Waals surface area contributed by atoms with E-state index in [4.69, 9.17) is 5.11 Å². The summed E-state index contributed by atoms with van der Waals surface area (Å²) >= 11 is 1.53. The number of carboxylic acids is 1. The molecule has 5 rings (SSSR count). The highest BCUT2D eigenvalue weighted by molar-refractivity contribution is 7.14. The minimum Gasteiger partial charge on any atom is -0.477 e. The minimum atomic E-state index is -0.972. The van der Waals surface area contributed by atoms with Gasteiger partial charge in [-0.25, -0.2) is 4.79 Å². The first-order chi connectivity index (χ1) is 13.2. The van der Waals surface area contributed by atoms with Crippen molar-refractivity contribution < 1.29 is 9.90 Å². The summed E-state index contributed by atoms with van der Waals surface area (Å²) in [6, 6.07) is 13.5. The van der Waals surface area contributed by atoms with Gasteiger partial charge in [0.25, 0.3) is 0 Å². The SMILES string of the molecule is O=C(O)c1cc2ccc(-c3nnc(Cc4ccc5[nH]ncc5c4)s3)cc2[nH]1. The maximum Gasteiger partial charge on any atom is 0.352 e. The van der Waals surface area contributed by atoms with Crippen LogP contribution in [0.5, 0.6) is 0 Å². The fourth-order valence-electron chi connectivity index (χ4n) is 3.09. The van der Waals surface area contributed by atoms with Crippen LogP contribution in [-0.2, 0) is 6.42 Å². The monoisotopic (exact) mass is 375 g/mol. The van der Waals surface area contributed by atoms with Gasteiger partial charge >= 0.3 is 5.97 Å². The Morgan fingerprint density at radius 1 is 1.04 bits per heavy atom. The fraction of sp³-hybridized carbons (Fsp3) is 0.0526. The molecule has 8 heteroatoms. The van der Waals surface area contributed by atoms with E-state index < -0.39 is 5.97 Å². The lowest BCUT2D eigenvalue weighted by molar-refractivity contribution is 0.0691. The highest BCUT2D eigenvalue weighted by atomic mass is 32.1. The van der Waals surface area contributed by atoms with Gasteiger partial charge in [-0.15, -0.1) is 10.2 Å². The molecular weight excluding hydrogens is 362 g/mol. The van der Waals surface area contributed by atoms with E-state index in [-0.39, 0.29) is 5.69 Å². The number of hydrogen-bond acceptors (Lipinski definition) is 5. The van der Waals surface area contributed by atoms with Crippen molar-refractivity contribution in [1.82, 2.24) is 25.4 Å². The smallest absolute Gasteiger partial charge is 0.352 e. The number of hydrogen-bond donors (Lipinski definition) is 3. The van der Waals surface area contributed by atoms with Crippen molar-refractivity contribution in [3.8, 4) is 10.6 Å². The number of H-pyrrole nitrogens is 2. The molecule has 132 valence electrons. The topological polar surface area (TPSA) is 108 Å². The first-order valence-electron chi connectivity index (χ1n) is 8.26. The Balaban J connectivity index is 1.44. The van der Waals surface area contributed by atoms with Crippen LogP contribution in [0, 0.1) is 0 Å². The second kappa shape index (κ2) is 6.03. The predicted octanol–water partition coefficient (Wildman–Crippen LogP) is 3.85. The van der Waals surface area contributed by atoms with Crippen LogP contribution in [0.1, 0.15) is 21.1 Å². The molecule has 0 aliphatic rings. The summed E-state index contributed by atoms with van der Waals surface area (Å²) in [5, 5.41) is 28.4. The predicted molar refractivity (Wildman–Crippen MR) is 103 cm³/mol. The third-order valence-corrected chi connectivity index (χ3v) is 5.40. The Bertz CT molecular complexity index is 1300. The molecule has 0 saturated carbocycles. The Hall–Kier alpha value is -3.52. The van der Waals surface area contributed by atoms with Crippen LogP contribution in [-0.4, -0.2) is 36.5 Å².